The molecule has 0 fully saturated rings. The Morgan fingerprint density at radius 2 is 2.00 bits per heavy atom. The molecule has 4 aromatic heterocycles. The number of benzene rings is 1. The van der Waals surface area contributed by atoms with Crippen LogP contribution in [0.4, 0.5) is 18.9 Å². The van der Waals surface area contributed by atoms with E-state index >= 15 is 0 Å². The number of fused-ring (bicyclic) bond motifs is 1. The summed E-state index contributed by atoms with van der Waals surface area (Å²) in [6, 6.07) is 6.46. The fourth-order valence-electron chi connectivity index (χ4n) is 3.94. The van der Waals surface area contributed by atoms with Gasteiger partial charge in [-0.15, -0.1) is 11.3 Å². The van der Waals surface area contributed by atoms with Crippen LogP contribution >= 0.6 is 22.9 Å². The Kier molecular flexibility index (Phi) is 7.21. The third kappa shape index (κ3) is 5.10. The van der Waals surface area contributed by atoms with Crippen LogP contribution in [0.15, 0.2) is 42.7 Å². The normalized spacial score (nSPS) is 11.4. The van der Waals surface area contributed by atoms with E-state index in [9.17, 15) is 22.8 Å². The number of thiophene rings is 1. The Hall–Kier alpha value is -4.43. The second-order valence-electron chi connectivity index (χ2n) is 8.56. The number of halogens is 4. The maximum absolute atomic E-state index is 13.7. The van der Waals surface area contributed by atoms with Crippen LogP contribution in [0.2, 0.25) is 5.02 Å². The number of alkyl halides is 2. The number of anilines is 1. The molecule has 206 valence electrons. The van der Waals surface area contributed by atoms with Gasteiger partial charge in [0.05, 0.1) is 16.9 Å². The van der Waals surface area contributed by atoms with E-state index < -0.39 is 29.8 Å². The summed E-state index contributed by atoms with van der Waals surface area (Å²) in [5, 5.41) is 11.2. The first-order chi connectivity index (χ1) is 19.0. The lowest BCUT2D eigenvalue weighted by Gasteiger charge is -2.10. The molecule has 0 aliphatic rings. The summed E-state index contributed by atoms with van der Waals surface area (Å²) in [6.07, 6.45) is 0.0962. The molecule has 3 N–H and O–H groups in total. The van der Waals surface area contributed by atoms with Crippen LogP contribution in [0.5, 0.6) is 5.75 Å². The molecule has 0 unspecified atom stereocenters. The molecular formula is C25H19ClF3N7O3S. The van der Waals surface area contributed by atoms with Gasteiger partial charge in [0.2, 0.25) is 0 Å². The number of amides is 2. The van der Waals surface area contributed by atoms with E-state index in [1.807, 2.05) is 0 Å². The average molecular weight is 590 g/mol. The largest absolute Gasteiger partial charge is 0.471 e. The van der Waals surface area contributed by atoms with Crippen molar-refractivity contribution in [2.45, 2.75) is 20.1 Å². The quantitative estimate of drug-likeness (QED) is 0.252. The molecule has 0 aliphatic carbocycles. The smallest absolute Gasteiger partial charge is 0.280 e. The number of pyridine rings is 1. The Balaban J connectivity index is 1.50. The standard InChI is InChI=1S/C25H19ClF3N7O3S/c1-11-14(9-31-35(11)2)13-8-18(22(28)29)32-25-19(13)20(21(40-25)23(30)37)33-24(38)17-5-6-36(34-17)10-39-12-3-4-16(27)15(26)7-12/h3-9,22H,10H2,1-2H3,(H2,30,37)(H,33,38). The number of aryl methyl sites for hydroxylation is 1. The predicted octanol–water partition coefficient (Wildman–Crippen LogP) is 5.32. The molecule has 0 saturated heterocycles. The lowest BCUT2D eigenvalue weighted by Crippen LogP contribution is -2.18. The second-order valence-corrected chi connectivity index (χ2v) is 9.96. The SMILES string of the molecule is Cc1c(-c2cc(C(F)F)nc3sc(C(N)=O)c(NC(=O)c4ccn(COc5ccc(F)c(Cl)c5)n4)c23)cnn1C. The summed E-state index contributed by atoms with van der Waals surface area (Å²) in [5.74, 6) is -1.87. The number of rotatable bonds is 8. The third-order valence-corrected chi connectivity index (χ3v) is 7.41. The minimum atomic E-state index is -2.88. The Labute approximate surface area is 233 Å². The van der Waals surface area contributed by atoms with Crippen molar-refractivity contribution >= 4 is 50.7 Å². The van der Waals surface area contributed by atoms with Crippen molar-refractivity contribution in [3.05, 3.63) is 75.5 Å². The first kappa shape index (κ1) is 27.1. The molecule has 5 rings (SSSR count). The van der Waals surface area contributed by atoms with Gasteiger partial charge in [0.25, 0.3) is 18.2 Å². The molecular weight excluding hydrogens is 571 g/mol. The van der Waals surface area contributed by atoms with E-state index in [-0.39, 0.29) is 44.0 Å². The van der Waals surface area contributed by atoms with Crippen LogP contribution in [-0.2, 0) is 13.8 Å². The lowest BCUT2D eigenvalue weighted by atomic mass is 10.0. The Morgan fingerprint density at radius 1 is 1.23 bits per heavy atom. The summed E-state index contributed by atoms with van der Waals surface area (Å²) < 4.78 is 49.2. The number of nitrogens with one attached hydrogen (secondary N) is 1. The van der Waals surface area contributed by atoms with Crippen LogP contribution in [0, 0.1) is 12.7 Å². The van der Waals surface area contributed by atoms with Crippen LogP contribution in [-0.4, -0.2) is 36.4 Å². The number of aromatic nitrogens is 5. The molecule has 10 nitrogen and oxygen atoms in total. The van der Waals surface area contributed by atoms with Crippen LogP contribution in [0.3, 0.4) is 0 Å². The van der Waals surface area contributed by atoms with Crippen molar-refractivity contribution in [1.82, 2.24) is 24.5 Å². The number of nitrogens with zero attached hydrogens (tertiary/aromatic N) is 5. The van der Waals surface area contributed by atoms with E-state index in [0.29, 0.717) is 16.8 Å². The van der Waals surface area contributed by atoms with Crippen molar-refractivity contribution in [3.8, 4) is 16.9 Å². The fraction of sp³-hybridized carbons (Fsp3) is 0.160. The number of ether oxygens (including phenoxy) is 1. The number of hydrogen-bond acceptors (Lipinski definition) is 7. The molecule has 0 spiro atoms. The van der Waals surface area contributed by atoms with Crippen molar-refractivity contribution in [2.75, 3.05) is 5.32 Å². The first-order valence-corrected chi connectivity index (χ1v) is 12.7. The van der Waals surface area contributed by atoms with Gasteiger partial charge in [-0.3, -0.25) is 14.3 Å². The number of carbonyl (C=O) groups excluding carboxylic acids is 2. The van der Waals surface area contributed by atoms with Gasteiger partial charge in [-0.05, 0) is 36.8 Å². The molecule has 0 saturated carbocycles. The molecule has 5 aromatic rings. The Morgan fingerprint density at radius 3 is 2.65 bits per heavy atom. The minimum absolute atomic E-state index is 0.0239. The molecule has 1 aromatic carbocycles. The van der Waals surface area contributed by atoms with Gasteiger partial charge in [-0.1, -0.05) is 11.6 Å². The number of carbonyl (C=O) groups is 2. The van der Waals surface area contributed by atoms with E-state index in [2.05, 4.69) is 20.5 Å². The highest BCUT2D eigenvalue weighted by atomic mass is 35.5. The highest BCUT2D eigenvalue weighted by Crippen LogP contribution is 2.43. The molecule has 0 atom stereocenters. The highest BCUT2D eigenvalue weighted by molar-refractivity contribution is 7.21. The summed E-state index contributed by atoms with van der Waals surface area (Å²) in [7, 11) is 1.70. The summed E-state index contributed by atoms with van der Waals surface area (Å²) in [6.45, 7) is 1.64. The van der Waals surface area contributed by atoms with Gasteiger partial charge < -0.3 is 15.8 Å². The molecule has 4 heterocycles. The van der Waals surface area contributed by atoms with Crippen molar-refractivity contribution < 1.29 is 27.5 Å². The van der Waals surface area contributed by atoms with Crippen molar-refractivity contribution in [2.24, 2.45) is 12.8 Å². The summed E-state index contributed by atoms with van der Waals surface area (Å²) in [4.78, 5) is 29.6. The molecule has 15 heteroatoms. The first-order valence-electron chi connectivity index (χ1n) is 11.5. The number of primary amides is 1. The van der Waals surface area contributed by atoms with Crippen molar-refractivity contribution in [1.29, 1.82) is 0 Å². The maximum atomic E-state index is 13.7. The van der Waals surface area contributed by atoms with Crippen LogP contribution < -0.4 is 15.8 Å². The predicted molar refractivity (Wildman–Crippen MR) is 142 cm³/mol. The van der Waals surface area contributed by atoms with Gasteiger partial charge >= 0.3 is 0 Å². The lowest BCUT2D eigenvalue weighted by molar-refractivity contribution is 0.100. The summed E-state index contributed by atoms with van der Waals surface area (Å²) in [5.41, 5.74) is 6.57. The zero-order valence-electron chi connectivity index (χ0n) is 20.8. The van der Waals surface area contributed by atoms with Crippen LogP contribution in [0.25, 0.3) is 21.3 Å². The fourth-order valence-corrected chi connectivity index (χ4v) is 5.12. The van der Waals surface area contributed by atoms with Crippen LogP contribution in [0.1, 0.15) is 38.0 Å². The average Bonchev–Trinajstić information content (AvgIpc) is 3.62. The van der Waals surface area contributed by atoms with Gasteiger partial charge in [0.15, 0.2) is 12.4 Å². The summed E-state index contributed by atoms with van der Waals surface area (Å²) >= 11 is 6.55. The Bertz CT molecular complexity index is 1780. The van der Waals surface area contributed by atoms with Gasteiger partial charge in [0.1, 0.15) is 27.0 Å². The zero-order chi connectivity index (χ0) is 28.7. The molecule has 0 bridgehead atoms. The second kappa shape index (κ2) is 10.6. The van der Waals surface area contributed by atoms with E-state index in [4.69, 9.17) is 22.1 Å². The maximum Gasteiger partial charge on any atom is 0.280 e. The van der Waals surface area contributed by atoms with Crippen molar-refractivity contribution in [3.63, 3.8) is 0 Å². The van der Waals surface area contributed by atoms with E-state index in [0.717, 1.165) is 17.4 Å². The zero-order valence-corrected chi connectivity index (χ0v) is 22.4. The molecule has 0 radical (unpaired) electrons. The minimum Gasteiger partial charge on any atom is -0.471 e. The monoisotopic (exact) mass is 589 g/mol. The molecule has 40 heavy (non-hydrogen) atoms. The van der Waals surface area contributed by atoms with E-state index in [1.165, 1.54) is 41.3 Å². The highest BCUT2D eigenvalue weighted by Gasteiger charge is 2.26. The number of nitrogens with two attached hydrogens (primary N) is 1. The number of hydrogen-bond donors (Lipinski definition) is 2. The molecule has 2 amide bonds. The third-order valence-electron chi connectivity index (χ3n) is 6.02. The van der Waals surface area contributed by atoms with E-state index in [1.54, 1.807) is 18.7 Å². The van der Waals surface area contributed by atoms with Gasteiger partial charge in [-0.25, -0.2) is 22.8 Å². The van der Waals surface area contributed by atoms with Gasteiger partial charge in [-0.2, -0.15) is 10.2 Å². The van der Waals surface area contributed by atoms with Gasteiger partial charge in [0, 0.05) is 36.0 Å². The topological polar surface area (TPSA) is 130 Å². The molecule has 0 aliphatic heterocycles.